The van der Waals surface area contributed by atoms with Gasteiger partial charge in [-0.2, -0.15) is 0 Å². The van der Waals surface area contributed by atoms with Gasteiger partial charge in [0.2, 0.25) is 11.8 Å². The van der Waals surface area contributed by atoms with Crippen LogP contribution in [-0.2, 0) is 19.1 Å². The van der Waals surface area contributed by atoms with Gasteiger partial charge in [0, 0.05) is 21.0 Å². The number of carbonyl (C=O) groups is 2. The molecule has 98 valence electrons. The first-order chi connectivity index (χ1) is 7.93. The minimum Gasteiger partial charge on any atom is -0.354 e. The maximum atomic E-state index is 11.1. The predicted octanol–water partition coefficient (Wildman–Crippen LogP) is -0.223. The topological polar surface area (TPSA) is 76.7 Å². The van der Waals surface area contributed by atoms with E-state index in [1.807, 2.05) is 6.92 Å². The van der Waals surface area contributed by atoms with E-state index in [1.54, 1.807) is 0 Å². The van der Waals surface area contributed by atoms with Crippen LogP contribution in [0.25, 0.3) is 0 Å². The molecule has 17 heavy (non-hydrogen) atoms. The summed E-state index contributed by atoms with van der Waals surface area (Å²) in [5.74, 6) is -0.250. The molecular formula is C11H20N2O4. The van der Waals surface area contributed by atoms with Gasteiger partial charge < -0.3 is 20.1 Å². The highest BCUT2D eigenvalue weighted by Gasteiger charge is 2.36. The number of carbonyl (C=O) groups excluding carboxylic acids is 2. The van der Waals surface area contributed by atoms with E-state index in [-0.39, 0.29) is 30.0 Å². The van der Waals surface area contributed by atoms with Crippen LogP contribution >= 0.6 is 0 Å². The SMILES string of the molecule is CO[C@H]1O[C@@H](C)[C@@H](NC(C)=O)C[C@@H]1NC(C)=O. The van der Waals surface area contributed by atoms with Crippen molar-refractivity contribution in [3.8, 4) is 0 Å². The number of ether oxygens (including phenoxy) is 2. The van der Waals surface area contributed by atoms with Crippen molar-refractivity contribution in [3.05, 3.63) is 0 Å². The van der Waals surface area contributed by atoms with Crippen LogP contribution in [-0.4, -0.2) is 43.4 Å². The summed E-state index contributed by atoms with van der Waals surface area (Å²) in [6, 6.07) is -0.360. The van der Waals surface area contributed by atoms with Crippen molar-refractivity contribution < 1.29 is 19.1 Å². The number of amides is 2. The number of hydrogen-bond acceptors (Lipinski definition) is 4. The molecule has 1 fully saturated rings. The van der Waals surface area contributed by atoms with E-state index in [1.165, 1.54) is 21.0 Å². The van der Waals surface area contributed by atoms with Crippen LogP contribution in [0.1, 0.15) is 27.2 Å². The van der Waals surface area contributed by atoms with Crippen molar-refractivity contribution in [1.82, 2.24) is 10.6 Å². The molecular weight excluding hydrogens is 224 g/mol. The Kier molecular flexibility index (Phi) is 4.89. The monoisotopic (exact) mass is 244 g/mol. The molecule has 0 saturated carbocycles. The zero-order chi connectivity index (χ0) is 13.0. The van der Waals surface area contributed by atoms with Crippen LogP contribution in [0.5, 0.6) is 0 Å². The van der Waals surface area contributed by atoms with E-state index in [9.17, 15) is 9.59 Å². The van der Waals surface area contributed by atoms with Crippen LogP contribution < -0.4 is 10.6 Å². The van der Waals surface area contributed by atoms with Crippen molar-refractivity contribution in [3.63, 3.8) is 0 Å². The highest BCUT2D eigenvalue weighted by Crippen LogP contribution is 2.20. The number of hydrogen-bond donors (Lipinski definition) is 2. The molecule has 4 atom stereocenters. The summed E-state index contributed by atoms with van der Waals surface area (Å²) in [6.07, 6.45) is -0.0217. The second-order valence-electron chi connectivity index (χ2n) is 4.30. The van der Waals surface area contributed by atoms with E-state index in [0.717, 1.165) is 0 Å². The van der Waals surface area contributed by atoms with Crippen LogP contribution in [0.4, 0.5) is 0 Å². The highest BCUT2D eigenvalue weighted by atomic mass is 16.7. The normalized spacial score (nSPS) is 32.9. The second kappa shape index (κ2) is 5.97. The number of methoxy groups -OCH3 is 1. The van der Waals surface area contributed by atoms with E-state index in [4.69, 9.17) is 9.47 Å². The second-order valence-corrected chi connectivity index (χ2v) is 4.30. The molecule has 1 aliphatic heterocycles. The summed E-state index contributed by atoms with van der Waals surface area (Å²) < 4.78 is 10.8. The predicted molar refractivity (Wildman–Crippen MR) is 61.2 cm³/mol. The van der Waals surface area contributed by atoms with E-state index < -0.39 is 6.29 Å². The fourth-order valence-electron chi connectivity index (χ4n) is 2.02. The lowest BCUT2D eigenvalue weighted by molar-refractivity contribution is -0.199. The van der Waals surface area contributed by atoms with Crippen LogP contribution in [0, 0.1) is 0 Å². The fourth-order valence-corrected chi connectivity index (χ4v) is 2.02. The smallest absolute Gasteiger partial charge is 0.217 e. The molecule has 0 aromatic heterocycles. The molecule has 0 bridgehead atoms. The van der Waals surface area contributed by atoms with Gasteiger partial charge in [-0.3, -0.25) is 9.59 Å². The minimum atomic E-state index is -0.473. The highest BCUT2D eigenvalue weighted by molar-refractivity contribution is 5.74. The average Bonchev–Trinajstić information content (AvgIpc) is 2.21. The molecule has 0 spiro atoms. The van der Waals surface area contributed by atoms with Gasteiger partial charge in [0.15, 0.2) is 6.29 Å². The van der Waals surface area contributed by atoms with Crippen molar-refractivity contribution in [2.75, 3.05) is 7.11 Å². The maximum absolute atomic E-state index is 11.1. The fraction of sp³-hybridized carbons (Fsp3) is 0.818. The average molecular weight is 244 g/mol. The summed E-state index contributed by atoms with van der Waals surface area (Å²) in [4.78, 5) is 22.1. The Morgan fingerprint density at radius 1 is 1.18 bits per heavy atom. The Morgan fingerprint density at radius 3 is 2.18 bits per heavy atom. The lowest BCUT2D eigenvalue weighted by atomic mass is 9.98. The van der Waals surface area contributed by atoms with Gasteiger partial charge in [-0.05, 0) is 13.3 Å². The molecule has 0 radical (unpaired) electrons. The summed E-state index contributed by atoms with van der Waals surface area (Å²) in [5, 5.41) is 5.57. The van der Waals surface area contributed by atoms with E-state index in [2.05, 4.69) is 10.6 Å². The molecule has 1 aliphatic rings. The molecule has 6 heteroatoms. The summed E-state index contributed by atoms with van der Waals surface area (Å²) in [7, 11) is 1.53. The molecule has 1 rings (SSSR count). The van der Waals surface area contributed by atoms with Crippen molar-refractivity contribution in [2.24, 2.45) is 0 Å². The molecule has 0 aromatic carbocycles. The molecule has 1 saturated heterocycles. The first-order valence-corrected chi connectivity index (χ1v) is 5.66. The lowest BCUT2D eigenvalue weighted by Gasteiger charge is -2.39. The Balaban J connectivity index is 2.67. The molecule has 0 aromatic rings. The third kappa shape index (κ3) is 3.98. The Bertz CT molecular complexity index is 295. The zero-order valence-corrected chi connectivity index (χ0v) is 10.6. The molecule has 1 heterocycles. The quantitative estimate of drug-likeness (QED) is 0.719. The van der Waals surface area contributed by atoms with Crippen molar-refractivity contribution in [2.45, 2.75) is 51.7 Å². The third-order valence-corrected chi connectivity index (χ3v) is 2.76. The Hall–Kier alpha value is -1.14. The summed E-state index contributed by atoms with van der Waals surface area (Å²) >= 11 is 0. The van der Waals surface area contributed by atoms with E-state index >= 15 is 0 Å². The van der Waals surface area contributed by atoms with Crippen LogP contribution in [0.2, 0.25) is 0 Å². The Labute approximate surface area is 101 Å². The van der Waals surface area contributed by atoms with E-state index in [0.29, 0.717) is 6.42 Å². The van der Waals surface area contributed by atoms with Gasteiger partial charge in [0.05, 0.1) is 18.2 Å². The zero-order valence-electron chi connectivity index (χ0n) is 10.6. The standard InChI is InChI=1S/C11H20N2O4/c1-6-9(12-7(2)14)5-10(13-8(3)15)11(16-4)17-6/h6,9-11H,5H2,1-4H3,(H,12,14)(H,13,15)/t6-,9-,10-,11-/m0/s1. The molecule has 0 unspecified atom stereocenters. The third-order valence-electron chi connectivity index (χ3n) is 2.76. The van der Waals surface area contributed by atoms with Gasteiger partial charge in [-0.1, -0.05) is 0 Å². The maximum Gasteiger partial charge on any atom is 0.217 e. The van der Waals surface area contributed by atoms with Gasteiger partial charge in [0.25, 0.3) is 0 Å². The van der Waals surface area contributed by atoms with Gasteiger partial charge in [-0.25, -0.2) is 0 Å². The first kappa shape index (κ1) is 13.9. The molecule has 6 nitrogen and oxygen atoms in total. The number of nitrogens with one attached hydrogen (secondary N) is 2. The number of rotatable bonds is 3. The van der Waals surface area contributed by atoms with Crippen LogP contribution in [0.3, 0.4) is 0 Å². The first-order valence-electron chi connectivity index (χ1n) is 5.66. The van der Waals surface area contributed by atoms with Gasteiger partial charge in [0.1, 0.15) is 0 Å². The summed E-state index contributed by atoms with van der Waals surface area (Å²) in [6.45, 7) is 4.78. The minimum absolute atomic E-state index is 0.108. The lowest BCUT2D eigenvalue weighted by Crippen LogP contribution is -2.58. The van der Waals surface area contributed by atoms with Crippen molar-refractivity contribution >= 4 is 11.8 Å². The van der Waals surface area contributed by atoms with Gasteiger partial charge >= 0.3 is 0 Å². The largest absolute Gasteiger partial charge is 0.354 e. The molecule has 0 aliphatic carbocycles. The molecule has 2 amide bonds. The Morgan fingerprint density at radius 2 is 1.71 bits per heavy atom. The molecule has 2 N–H and O–H groups in total. The van der Waals surface area contributed by atoms with Gasteiger partial charge in [-0.15, -0.1) is 0 Å². The summed E-state index contributed by atoms with van der Waals surface area (Å²) in [5.41, 5.74) is 0. The van der Waals surface area contributed by atoms with Crippen molar-refractivity contribution in [1.29, 1.82) is 0 Å². The van der Waals surface area contributed by atoms with Crippen LogP contribution in [0.15, 0.2) is 0 Å².